The third-order valence-corrected chi connectivity index (χ3v) is 3.66. The van der Waals surface area contributed by atoms with Gasteiger partial charge in [-0.25, -0.2) is 0 Å². The van der Waals surface area contributed by atoms with Gasteiger partial charge in [0.15, 0.2) is 0 Å². The van der Waals surface area contributed by atoms with Crippen LogP contribution in [0.4, 0.5) is 0 Å². The highest BCUT2D eigenvalue weighted by Crippen LogP contribution is 2.31. The molecule has 2 nitrogen and oxygen atoms in total. The number of rotatable bonds is 0. The van der Waals surface area contributed by atoms with E-state index in [2.05, 4.69) is 11.1 Å². The first-order valence-electron chi connectivity index (χ1n) is 5.81. The number of benzene rings is 1. The van der Waals surface area contributed by atoms with Crippen molar-refractivity contribution in [2.24, 2.45) is 0 Å². The third kappa shape index (κ3) is 1.59. The van der Waals surface area contributed by atoms with Gasteiger partial charge in [-0.2, -0.15) is 5.26 Å². The monoisotopic (exact) mass is 242 g/mol. The first kappa shape index (κ1) is 10.6. The Hall–Kier alpha value is -1.59. The Bertz CT molecular complexity index is 641. The van der Waals surface area contributed by atoms with Gasteiger partial charge < -0.3 is 0 Å². The highest BCUT2D eigenvalue weighted by molar-refractivity contribution is 6.35. The van der Waals surface area contributed by atoms with E-state index < -0.39 is 0 Å². The average molecular weight is 243 g/mol. The number of hydrogen-bond donors (Lipinski definition) is 0. The highest BCUT2D eigenvalue weighted by atomic mass is 35.5. The summed E-state index contributed by atoms with van der Waals surface area (Å²) in [6.07, 6.45) is 4.23. The number of nitriles is 1. The lowest BCUT2D eigenvalue weighted by Crippen LogP contribution is -2.08. The molecule has 1 aliphatic carbocycles. The molecule has 1 aromatic carbocycles. The molecule has 0 atom stereocenters. The van der Waals surface area contributed by atoms with E-state index in [1.54, 1.807) is 0 Å². The van der Waals surface area contributed by atoms with Gasteiger partial charge >= 0.3 is 0 Å². The molecule has 0 unspecified atom stereocenters. The van der Waals surface area contributed by atoms with Crippen LogP contribution in [-0.2, 0) is 12.8 Å². The van der Waals surface area contributed by atoms with Crippen LogP contribution in [0.3, 0.4) is 0 Å². The van der Waals surface area contributed by atoms with Gasteiger partial charge in [0.25, 0.3) is 0 Å². The Labute approximate surface area is 105 Å². The molecule has 1 aromatic heterocycles. The Morgan fingerprint density at radius 1 is 1.24 bits per heavy atom. The lowest BCUT2D eigenvalue weighted by Gasteiger charge is -2.17. The van der Waals surface area contributed by atoms with Gasteiger partial charge in [-0.3, -0.25) is 4.98 Å². The minimum absolute atomic E-state index is 0.632. The lowest BCUT2D eigenvalue weighted by atomic mass is 9.90. The van der Waals surface area contributed by atoms with Gasteiger partial charge in [0.1, 0.15) is 6.07 Å². The molecule has 0 saturated heterocycles. The van der Waals surface area contributed by atoms with Crippen LogP contribution in [0.2, 0.25) is 5.02 Å². The van der Waals surface area contributed by atoms with Crippen molar-refractivity contribution in [2.75, 3.05) is 0 Å². The van der Waals surface area contributed by atoms with E-state index in [1.807, 2.05) is 18.2 Å². The maximum Gasteiger partial charge on any atom is 0.100 e. The molecule has 0 N–H and O–H groups in total. The molecular formula is C14H11ClN2. The summed E-state index contributed by atoms with van der Waals surface area (Å²) < 4.78 is 0. The topological polar surface area (TPSA) is 36.7 Å². The van der Waals surface area contributed by atoms with E-state index in [0.29, 0.717) is 5.02 Å². The smallest absolute Gasteiger partial charge is 0.100 e. The molecule has 1 aliphatic rings. The van der Waals surface area contributed by atoms with E-state index in [0.717, 1.165) is 53.4 Å². The second kappa shape index (κ2) is 4.01. The van der Waals surface area contributed by atoms with E-state index in [4.69, 9.17) is 11.6 Å². The largest absolute Gasteiger partial charge is 0.251 e. The molecule has 0 bridgehead atoms. The number of hydrogen-bond acceptors (Lipinski definition) is 2. The molecule has 0 aliphatic heterocycles. The highest BCUT2D eigenvalue weighted by Gasteiger charge is 2.18. The summed E-state index contributed by atoms with van der Waals surface area (Å²) in [6.45, 7) is 0. The van der Waals surface area contributed by atoms with Crippen molar-refractivity contribution in [3.63, 3.8) is 0 Å². The molecule has 0 amide bonds. The summed E-state index contributed by atoms with van der Waals surface area (Å²) in [7, 11) is 0. The summed E-state index contributed by atoms with van der Waals surface area (Å²) in [6, 6.07) is 7.96. The van der Waals surface area contributed by atoms with Gasteiger partial charge in [-0.05, 0) is 37.3 Å². The third-order valence-electron chi connectivity index (χ3n) is 3.36. The molecular weight excluding hydrogens is 232 g/mol. The predicted molar refractivity (Wildman–Crippen MR) is 68.1 cm³/mol. The first-order chi connectivity index (χ1) is 8.31. The van der Waals surface area contributed by atoms with Crippen LogP contribution in [0.15, 0.2) is 18.2 Å². The SMILES string of the molecule is N#Cc1c2c(nc3c(Cl)cccc13)CCCC2. The van der Waals surface area contributed by atoms with Crippen molar-refractivity contribution in [1.29, 1.82) is 5.26 Å². The van der Waals surface area contributed by atoms with Crippen LogP contribution in [0.25, 0.3) is 10.9 Å². The number of nitrogens with zero attached hydrogens (tertiary/aromatic N) is 2. The molecule has 3 rings (SSSR count). The summed E-state index contributed by atoms with van der Waals surface area (Å²) in [5.41, 5.74) is 3.74. The fraction of sp³-hybridized carbons (Fsp3) is 0.286. The number of pyridine rings is 1. The maximum absolute atomic E-state index is 9.36. The average Bonchev–Trinajstić information content (AvgIpc) is 2.37. The van der Waals surface area contributed by atoms with Crippen LogP contribution < -0.4 is 0 Å². The zero-order valence-corrected chi connectivity index (χ0v) is 10.1. The van der Waals surface area contributed by atoms with Gasteiger partial charge in [0.2, 0.25) is 0 Å². The number of aromatic nitrogens is 1. The summed E-state index contributed by atoms with van der Waals surface area (Å²) in [5.74, 6) is 0. The standard InChI is InChI=1S/C14H11ClN2/c15-12-6-3-5-10-11(8-16)9-4-1-2-7-13(9)17-14(10)12/h3,5-6H,1-2,4,7H2. The van der Waals surface area contributed by atoms with Crippen LogP contribution in [-0.4, -0.2) is 4.98 Å². The van der Waals surface area contributed by atoms with Crippen molar-refractivity contribution < 1.29 is 0 Å². The van der Waals surface area contributed by atoms with Crippen molar-refractivity contribution in [3.8, 4) is 6.07 Å². The first-order valence-corrected chi connectivity index (χ1v) is 6.19. The van der Waals surface area contributed by atoms with Gasteiger partial charge in [0.05, 0.1) is 16.1 Å². The van der Waals surface area contributed by atoms with E-state index >= 15 is 0 Å². The molecule has 2 aromatic rings. The molecule has 0 radical (unpaired) electrons. The maximum atomic E-state index is 9.36. The minimum atomic E-state index is 0.632. The van der Waals surface area contributed by atoms with Crippen molar-refractivity contribution >= 4 is 22.5 Å². The molecule has 0 spiro atoms. The molecule has 0 saturated carbocycles. The van der Waals surface area contributed by atoms with Crippen LogP contribution in [0.1, 0.15) is 29.7 Å². The Kier molecular flexibility index (Phi) is 2.49. The second-order valence-corrected chi connectivity index (χ2v) is 4.77. The van der Waals surface area contributed by atoms with Crippen LogP contribution in [0, 0.1) is 11.3 Å². The van der Waals surface area contributed by atoms with Crippen molar-refractivity contribution in [3.05, 3.63) is 40.0 Å². The van der Waals surface area contributed by atoms with Gasteiger partial charge in [0, 0.05) is 11.1 Å². The quantitative estimate of drug-likeness (QED) is 0.707. The van der Waals surface area contributed by atoms with Gasteiger partial charge in [-0.15, -0.1) is 0 Å². The van der Waals surface area contributed by atoms with E-state index in [-0.39, 0.29) is 0 Å². The number of halogens is 1. The van der Waals surface area contributed by atoms with Crippen LogP contribution in [0.5, 0.6) is 0 Å². The molecule has 3 heteroatoms. The van der Waals surface area contributed by atoms with Crippen molar-refractivity contribution in [1.82, 2.24) is 4.98 Å². The number of para-hydroxylation sites is 1. The Morgan fingerprint density at radius 3 is 2.88 bits per heavy atom. The summed E-state index contributed by atoms with van der Waals surface area (Å²) in [5, 5.41) is 10.9. The predicted octanol–water partition coefficient (Wildman–Crippen LogP) is 3.64. The van der Waals surface area contributed by atoms with E-state index in [1.165, 1.54) is 0 Å². The zero-order valence-electron chi connectivity index (χ0n) is 9.33. The van der Waals surface area contributed by atoms with Gasteiger partial charge in [-0.1, -0.05) is 23.7 Å². The normalized spacial score (nSPS) is 14.4. The summed E-state index contributed by atoms with van der Waals surface area (Å²) in [4.78, 5) is 4.64. The zero-order chi connectivity index (χ0) is 11.8. The fourth-order valence-electron chi connectivity index (χ4n) is 2.54. The lowest BCUT2D eigenvalue weighted by molar-refractivity contribution is 0.670. The van der Waals surface area contributed by atoms with E-state index in [9.17, 15) is 5.26 Å². The molecule has 1 heterocycles. The Balaban J connectivity index is 2.44. The van der Waals surface area contributed by atoms with Crippen molar-refractivity contribution in [2.45, 2.75) is 25.7 Å². The molecule has 0 fully saturated rings. The Morgan fingerprint density at radius 2 is 2.06 bits per heavy atom. The number of aryl methyl sites for hydroxylation is 1. The van der Waals surface area contributed by atoms with Crippen LogP contribution >= 0.6 is 11.6 Å². The fourth-order valence-corrected chi connectivity index (χ4v) is 2.75. The number of fused-ring (bicyclic) bond motifs is 2. The second-order valence-electron chi connectivity index (χ2n) is 4.37. The molecule has 84 valence electrons. The molecule has 17 heavy (non-hydrogen) atoms. The minimum Gasteiger partial charge on any atom is -0.251 e. The summed E-state index contributed by atoms with van der Waals surface area (Å²) >= 11 is 6.16.